The molecule has 0 fully saturated rings. The predicted octanol–water partition coefficient (Wildman–Crippen LogP) is 2.37. The summed E-state index contributed by atoms with van der Waals surface area (Å²) in [7, 11) is -2.17. The van der Waals surface area contributed by atoms with E-state index in [9.17, 15) is 13.2 Å². The van der Waals surface area contributed by atoms with Gasteiger partial charge in [0, 0.05) is 17.7 Å². The number of carbonyl (C=O) groups excluding carboxylic acids is 1. The van der Waals surface area contributed by atoms with Crippen LogP contribution in [0.15, 0.2) is 47.4 Å². The van der Waals surface area contributed by atoms with Gasteiger partial charge >= 0.3 is 0 Å². The zero-order valence-electron chi connectivity index (χ0n) is 15.6. The summed E-state index contributed by atoms with van der Waals surface area (Å²) in [5.74, 6) is 0.407. The van der Waals surface area contributed by atoms with E-state index in [0.717, 1.165) is 11.1 Å². The summed E-state index contributed by atoms with van der Waals surface area (Å²) in [6, 6.07) is 10.9. The summed E-state index contributed by atoms with van der Waals surface area (Å²) in [5.41, 5.74) is 2.04. The van der Waals surface area contributed by atoms with Gasteiger partial charge in [-0.2, -0.15) is 0 Å². The monoisotopic (exact) mass is 392 g/mol. The van der Waals surface area contributed by atoms with Crippen molar-refractivity contribution in [1.82, 2.24) is 5.32 Å². The number of hydrogen-bond acceptors (Lipinski definition) is 5. The van der Waals surface area contributed by atoms with E-state index in [1.165, 1.54) is 12.1 Å². The van der Waals surface area contributed by atoms with Gasteiger partial charge in [0.1, 0.15) is 5.75 Å². The minimum absolute atomic E-state index is 0.0282. The molecule has 2 aromatic rings. The fraction of sp³-hybridized carbons (Fsp3) is 0.316. The average Bonchev–Trinajstić information content (AvgIpc) is 2.65. The summed E-state index contributed by atoms with van der Waals surface area (Å²) in [6.45, 7) is 4.62. The van der Waals surface area contributed by atoms with Gasteiger partial charge in [0.05, 0.1) is 24.7 Å². The molecule has 8 heteroatoms. The van der Waals surface area contributed by atoms with Gasteiger partial charge in [-0.1, -0.05) is 12.1 Å². The molecule has 0 spiro atoms. The number of methoxy groups -OCH3 is 1. The smallest absolute Gasteiger partial charge is 0.251 e. The van der Waals surface area contributed by atoms with Crippen LogP contribution >= 0.6 is 0 Å². The second kappa shape index (κ2) is 8.98. The molecule has 27 heavy (non-hydrogen) atoms. The average molecular weight is 392 g/mol. The molecule has 2 rings (SSSR count). The number of rotatable bonds is 8. The fourth-order valence-electron chi connectivity index (χ4n) is 2.55. The molecule has 1 atom stereocenters. The van der Waals surface area contributed by atoms with Crippen molar-refractivity contribution < 1.29 is 22.7 Å². The Hall–Kier alpha value is -2.42. The molecular weight excluding hydrogens is 368 g/mol. The molecule has 0 aliphatic carbocycles. The summed E-state index contributed by atoms with van der Waals surface area (Å²) < 4.78 is 33.4. The van der Waals surface area contributed by atoms with Crippen LogP contribution in [0.4, 0.5) is 0 Å². The van der Waals surface area contributed by atoms with Gasteiger partial charge in [0.25, 0.3) is 5.91 Å². The van der Waals surface area contributed by atoms with E-state index < -0.39 is 10.0 Å². The topological polar surface area (TPSA) is 108 Å². The summed E-state index contributed by atoms with van der Waals surface area (Å²) in [6.07, 6.45) is 0. The highest BCUT2D eigenvalue weighted by Gasteiger charge is 2.15. The highest BCUT2D eigenvalue weighted by Crippen LogP contribution is 2.22. The lowest BCUT2D eigenvalue weighted by molar-refractivity contribution is 0.0939. The SMILES string of the molecule is CCOCc1cc(C(=O)N[C@@H](C)c2ccc(S(N)(=O)=O)cc2)ccc1OC. The molecule has 146 valence electrons. The normalized spacial score (nSPS) is 12.4. The van der Waals surface area contributed by atoms with Crippen LogP contribution in [0.1, 0.15) is 41.4 Å². The minimum atomic E-state index is -3.74. The first kappa shape index (κ1) is 20.9. The van der Waals surface area contributed by atoms with Crippen LogP contribution in [0.2, 0.25) is 0 Å². The van der Waals surface area contributed by atoms with E-state index in [-0.39, 0.29) is 16.8 Å². The van der Waals surface area contributed by atoms with Gasteiger partial charge in [0.15, 0.2) is 0 Å². The van der Waals surface area contributed by atoms with Crippen LogP contribution in [0.5, 0.6) is 5.75 Å². The molecule has 0 saturated carbocycles. The van der Waals surface area contributed by atoms with Gasteiger partial charge in [-0.25, -0.2) is 13.6 Å². The first-order chi connectivity index (χ1) is 12.8. The lowest BCUT2D eigenvalue weighted by Crippen LogP contribution is -2.26. The highest BCUT2D eigenvalue weighted by molar-refractivity contribution is 7.89. The lowest BCUT2D eigenvalue weighted by Gasteiger charge is -2.16. The molecule has 0 aliphatic rings. The van der Waals surface area contributed by atoms with Gasteiger partial charge in [-0.15, -0.1) is 0 Å². The third kappa shape index (κ3) is 5.53. The number of sulfonamides is 1. The van der Waals surface area contributed by atoms with Gasteiger partial charge < -0.3 is 14.8 Å². The van der Waals surface area contributed by atoms with Crippen LogP contribution < -0.4 is 15.2 Å². The number of nitrogens with two attached hydrogens (primary N) is 1. The molecule has 0 unspecified atom stereocenters. The molecule has 2 aromatic carbocycles. The first-order valence-electron chi connectivity index (χ1n) is 8.44. The molecule has 0 saturated heterocycles. The second-order valence-corrected chi connectivity index (χ2v) is 7.53. The number of benzene rings is 2. The number of ether oxygens (including phenoxy) is 2. The molecule has 0 bridgehead atoms. The van der Waals surface area contributed by atoms with Crippen molar-refractivity contribution in [2.75, 3.05) is 13.7 Å². The third-order valence-electron chi connectivity index (χ3n) is 4.06. The zero-order chi connectivity index (χ0) is 20.0. The van der Waals surface area contributed by atoms with E-state index in [2.05, 4.69) is 5.32 Å². The first-order valence-corrected chi connectivity index (χ1v) is 9.99. The number of carbonyl (C=O) groups is 1. The van der Waals surface area contributed by atoms with Crippen LogP contribution in [-0.4, -0.2) is 28.0 Å². The Morgan fingerprint density at radius 2 is 1.85 bits per heavy atom. The van der Waals surface area contributed by atoms with E-state index in [0.29, 0.717) is 24.5 Å². The molecule has 0 aromatic heterocycles. The number of nitrogens with one attached hydrogen (secondary N) is 1. The standard InChI is InChI=1S/C19H24N2O5S/c1-4-26-12-16-11-15(7-10-18(16)25-3)19(22)21-13(2)14-5-8-17(9-6-14)27(20,23)24/h5-11,13H,4,12H2,1-3H3,(H,21,22)(H2,20,23,24)/t13-/m0/s1. The Morgan fingerprint density at radius 3 is 2.41 bits per heavy atom. The summed E-state index contributed by atoms with van der Waals surface area (Å²) >= 11 is 0. The Bertz CT molecular complexity index is 895. The van der Waals surface area contributed by atoms with Gasteiger partial charge in [0.2, 0.25) is 10.0 Å². The summed E-state index contributed by atoms with van der Waals surface area (Å²) in [4.78, 5) is 12.6. The van der Waals surface area contributed by atoms with Crippen molar-refractivity contribution in [3.63, 3.8) is 0 Å². The van der Waals surface area contributed by atoms with Crippen molar-refractivity contribution >= 4 is 15.9 Å². The van der Waals surface area contributed by atoms with Crippen LogP contribution in [-0.2, 0) is 21.4 Å². The fourth-order valence-corrected chi connectivity index (χ4v) is 3.07. The molecule has 0 radical (unpaired) electrons. The number of primary sulfonamides is 1. The maximum Gasteiger partial charge on any atom is 0.251 e. The van der Waals surface area contributed by atoms with Crippen LogP contribution in [0.25, 0.3) is 0 Å². The Kier molecular flexibility index (Phi) is 6.95. The maximum absolute atomic E-state index is 12.6. The largest absolute Gasteiger partial charge is 0.496 e. The maximum atomic E-state index is 12.6. The highest BCUT2D eigenvalue weighted by atomic mass is 32.2. The lowest BCUT2D eigenvalue weighted by atomic mass is 10.1. The molecule has 3 N–H and O–H groups in total. The van der Waals surface area contributed by atoms with Crippen molar-refractivity contribution in [2.24, 2.45) is 5.14 Å². The summed E-state index contributed by atoms with van der Waals surface area (Å²) in [5, 5.41) is 7.98. The van der Waals surface area contributed by atoms with Crippen LogP contribution in [0.3, 0.4) is 0 Å². The molecule has 0 heterocycles. The van der Waals surface area contributed by atoms with Gasteiger partial charge in [-0.3, -0.25) is 4.79 Å². The molecular formula is C19H24N2O5S. The Morgan fingerprint density at radius 1 is 1.19 bits per heavy atom. The Labute approximate surface area is 159 Å². The minimum Gasteiger partial charge on any atom is -0.496 e. The molecule has 7 nitrogen and oxygen atoms in total. The number of amides is 1. The van der Waals surface area contributed by atoms with Crippen LogP contribution in [0, 0.1) is 0 Å². The number of hydrogen-bond donors (Lipinski definition) is 2. The van der Waals surface area contributed by atoms with Crippen molar-refractivity contribution in [3.8, 4) is 5.75 Å². The van der Waals surface area contributed by atoms with E-state index in [1.54, 1.807) is 37.4 Å². The zero-order valence-corrected chi connectivity index (χ0v) is 16.4. The van der Waals surface area contributed by atoms with E-state index in [1.807, 2.05) is 13.8 Å². The van der Waals surface area contributed by atoms with Crippen molar-refractivity contribution in [1.29, 1.82) is 0 Å². The van der Waals surface area contributed by atoms with E-state index >= 15 is 0 Å². The van der Waals surface area contributed by atoms with Crippen molar-refractivity contribution in [2.45, 2.75) is 31.4 Å². The Balaban J connectivity index is 2.14. The second-order valence-electron chi connectivity index (χ2n) is 5.97. The predicted molar refractivity (Wildman–Crippen MR) is 102 cm³/mol. The molecule has 1 amide bonds. The third-order valence-corrected chi connectivity index (χ3v) is 4.99. The molecule has 0 aliphatic heterocycles. The van der Waals surface area contributed by atoms with Crippen molar-refractivity contribution in [3.05, 3.63) is 59.2 Å². The van der Waals surface area contributed by atoms with E-state index in [4.69, 9.17) is 14.6 Å². The quantitative estimate of drug-likeness (QED) is 0.717. The van der Waals surface area contributed by atoms with Gasteiger partial charge in [-0.05, 0) is 49.7 Å².